The summed E-state index contributed by atoms with van der Waals surface area (Å²) in [6, 6.07) is 3.17. The van der Waals surface area contributed by atoms with Gasteiger partial charge in [0.25, 0.3) is 0 Å². The van der Waals surface area contributed by atoms with Crippen LogP contribution in [0.5, 0.6) is 5.75 Å². The standard InChI is InChI=1S/C13H13N3O4S/c1-7-14-5-9(21-7)6-15-13(20)16-11-3-2-8(17)4-10(11)12(18)19/h2-5,17H,6H2,1H3,(H,18,19)(H2,15,16,20). The number of rotatable bonds is 4. The number of thiazole rings is 1. The van der Waals surface area contributed by atoms with Gasteiger partial charge in [0.15, 0.2) is 0 Å². The van der Waals surface area contributed by atoms with E-state index in [0.29, 0.717) is 6.54 Å². The van der Waals surface area contributed by atoms with E-state index in [1.165, 1.54) is 23.5 Å². The first-order valence-corrected chi connectivity index (χ1v) is 6.80. The van der Waals surface area contributed by atoms with E-state index < -0.39 is 12.0 Å². The van der Waals surface area contributed by atoms with Gasteiger partial charge in [0, 0.05) is 11.1 Å². The molecule has 0 unspecified atom stereocenters. The Kier molecular flexibility index (Phi) is 4.39. The normalized spacial score (nSPS) is 10.1. The van der Waals surface area contributed by atoms with E-state index in [4.69, 9.17) is 5.11 Å². The van der Waals surface area contributed by atoms with Crippen LogP contribution in [-0.2, 0) is 6.54 Å². The second-order valence-electron chi connectivity index (χ2n) is 4.19. The van der Waals surface area contributed by atoms with Gasteiger partial charge in [-0.3, -0.25) is 0 Å². The van der Waals surface area contributed by atoms with Crippen LogP contribution >= 0.6 is 11.3 Å². The van der Waals surface area contributed by atoms with Crippen LogP contribution in [0.4, 0.5) is 10.5 Å². The Balaban J connectivity index is 2.01. The molecule has 21 heavy (non-hydrogen) atoms. The van der Waals surface area contributed by atoms with Gasteiger partial charge < -0.3 is 20.8 Å². The Morgan fingerprint density at radius 2 is 2.14 bits per heavy atom. The molecule has 1 heterocycles. The fourth-order valence-electron chi connectivity index (χ4n) is 1.64. The molecule has 8 heteroatoms. The Morgan fingerprint density at radius 1 is 1.38 bits per heavy atom. The predicted octanol–water partition coefficient (Wildman–Crippen LogP) is 2.18. The number of hydrogen-bond acceptors (Lipinski definition) is 5. The molecule has 4 N–H and O–H groups in total. The first-order chi connectivity index (χ1) is 9.95. The Hall–Kier alpha value is -2.61. The Morgan fingerprint density at radius 3 is 2.76 bits per heavy atom. The summed E-state index contributed by atoms with van der Waals surface area (Å²) in [6.07, 6.45) is 1.67. The van der Waals surface area contributed by atoms with Gasteiger partial charge in [0.05, 0.1) is 22.8 Å². The molecule has 2 amide bonds. The number of carbonyl (C=O) groups is 2. The van der Waals surface area contributed by atoms with Crippen LogP contribution in [0.25, 0.3) is 0 Å². The molecular weight excluding hydrogens is 294 g/mol. The number of aromatic hydroxyl groups is 1. The third kappa shape index (κ3) is 3.93. The smallest absolute Gasteiger partial charge is 0.337 e. The number of anilines is 1. The van der Waals surface area contributed by atoms with Crippen molar-refractivity contribution in [3.8, 4) is 5.75 Å². The number of hydrogen-bond donors (Lipinski definition) is 4. The van der Waals surface area contributed by atoms with E-state index in [1.54, 1.807) is 6.20 Å². The fraction of sp³-hybridized carbons (Fsp3) is 0.154. The van der Waals surface area contributed by atoms with E-state index in [0.717, 1.165) is 16.0 Å². The molecule has 0 aliphatic heterocycles. The minimum absolute atomic E-state index is 0.110. The van der Waals surface area contributed by atoms with Gasteiger partial charge in [0.1, 0.15) is 5.75 Å². The quantitative estimate of drug-likeness (QED) is 0.647. The molecule has 2 aromatic rings. The molecule has 110 valence electrons. The third-order valence-corrected chi connectivity index (χ3v) is 3.49. The minimum atomic E-state index is -1.24. The number of carbonyl (C=O) groups excluding carboxylic acids is 1. The summed E-state index contributed by atoms with van der Waals surface area (Å²) in [7, 11) is 0. The lowest BCUT2D eigenvalue weighted by Gasteiger charge is -2.09. The number of nitrogens with one attached hydrogen (secondary N) is 2. The van der Waals surface area contributed by atoms with Crippen molar-refractivity contribution in [2.24, 2.45) is 0 Å². The highest BCUT2D eigenvalue weighted by molar-refractivity contribution is 7.11. The zero-order valence-electron chi connectivity index (χ0n) is 11.1. The molecule has 0 radical (unpaired) electrons. The molecule has 0 bridgehead atoms. The summed E-state index contributed by atoms with van der Waals surface area (Å²) in [5.41, 5.74) is -0.0722. The second-order valence-corrected chi connectivity index (χ2v) is 5.51. The van der Waals surface area contributed by atoms with Crippen LogP contribution in [0, 0.1) is 6.92 Å². The number of carboxylic acids is 1. The molecule has 1 aromatic carbocycles. The molecule has 0 aliphatic carbocycles. The molecule has 1 aromatic heterocycles. The Labute approximate surface area is 124 Å². The number of phenolic OH excluding ortho intramolecular Hbond substituents is 1. The number of nitrogens with zero attached hydrogens (tertiary/aromatic N) is 1. The van der Waals surface area contributed by atoms with Gasteiger partial charge in [-0.25, -0.2) is 14.6 Å². The second kappa shape index (κ2) is 6.23. The van der Waals surface area contributed by atoms with Crippen molar-refractivity contribution in [1.29, 1.82) is 0 Å². The summed E-state index contributed by atoms with van der Waals surface area (Å²) < 4.78 is 0. The van der Waals surface area contributed by atoms with Crippen LogP contribution < -0.4 is 10.6 Å². The van der Waals surface area contributed by atoms with Crippen LogP contribution in [0.1, 0.15) is 20.2 Å². The molecule has 0 spiro atoms. The molecule has 0 saturated heterocycles. The first-order valence-electron chi connectivity index (χ1n) is 5.98. The zero-order valence-corrected chi connectivity index (χ0v) is 11.9. The maximum Gasteiger partial charge on any atom is 0.337 e. The highest BCUT2D eigenvalue weighted by Crippen LogP contribution is 2.21. The van der Waals surface area contributed by atoms with E-state index >= 15 is 0 Å². The van der Waals surface area contributed by atoms with Gasteiger partial charge >= 0.3 is 12.0 Å². The zero-order chi connectivity index (χ0) is 15.4. The molecule has 7 nitrogen and oxygen atoms in total. The summed E-state index contributed by atoms with van der Waals surface area (Å²) in [6.45, 7) is 2.17. The number of aryl methyl sites for hydroxylation is 1. The van der Waals surface area contributed by atoms with Crippen LogP contribution in [0.2, 0.25) is 0 Å². The van der Waals surface area contributed by atoms with Crippen molar-refractivity contribution in [2.45, 2.75) is 13.5 Å². The van der Waals surface area contributed by atoms with Crippen molar-refractivity contribution < 1.29 is 19.8 Å². The van der Waals surface area contributed by atoms with Crippen LogP contribution in [0.15, 0.2) is 24.4 Å². The SMILES string of the molecule is Cc1ncc(CNC(=O)Nc2ccc(O)cc2C(=O)O)s1. The van der Waals surface area contributed by atoms with E-state index in [9.17, 15) is 14.7 Å². The van der Waals surface area contributed by atoms with Gasteiger partial charge in [0.2, 0.25) is 0 Å². The van der Waals surface area contributed by atoms with Gasteiger partial charge in [-0.2, -0.15) is 0 Å². The largest absolute Gasteiger partial charge is 0.508 e. The summed E-state index contributed by atoms with van der Waals surface area (Å²) in [5, 5.41) is 24.2. The van der Waals surface area contributed by atoms with E-state index in [-0.39, 0.29) is 17.0 Å². The van der Waals surface area contributed by atoms with Crippen molar-refractivity contribution in [3.05, 3.63) is 39.8 Å². The van der Waals surface area contributed by atoms with Gasteiger partial charge in [-0.05, 0) is 25.1 Å². The molecular formula is C13H13N3O4S. The highest BCUT2D eigenvalue weighted by atomic mass is 32.1. The first kappa shape index (κ1) is 14.8. The molecule has 0 saturated carbocycles. The molecule has 0 aliphatic rings. The lowest BCUT2D eigenvalue weighted by Crippen LogP contribution is -2.28. The molecule has 0 atom stereocenters. The van der Waals surface area contributed by atoms with Crippen LogP contribution in [-0.4, -0.2) is 27.2 Å². The number of urea groups is 1. The van der Waals surface area contributed by atoms with Crippen LogP contribution in [0.3, 0.4) is 0 Å². The molecule has 0 fully saturated rings. The Bertz CT molecular complexity index is 684. The lowest BCUT2D eigenvalue weighted by molar-refractivity contribution is 0.0697. The number of phenols is 1. The minimum Gasteiger partial charge on any atom is -0.508 e. The predicted molar refractivity (Wildman–Crippen MR) is 77.8 cm³/mol. The number of aromatic nitrogens is 1. The fourth-order valence-corrected chi connectivity index (χ4v) is 2.37. The van der Waals surface area contributed by atoms with Crippen molar-refractivity contribution in [3.63, 3.8) is 0 Å². The third-order valence-electron chi connectivity index (χ3n) is 2.57. The van der Waals surface area contributed by atoms with E-state index in [2.05, 4.69) is 15.6 Å². The van der Waals surface area contributed by atoms with Crippen molar-refractivity contribution in [1.82, 2.24) is 10.3 Å². The highest BCUT2D eigenvalue weighted by Gasteiger charge is 2.13. The summed E-state index contributed by atoms with van der Waals surface area (Å²) in [4.78, 5) is 27.8. The number of amides is 2. The number of aromatic carboxylic acids is 1. The van der Waals surface area contributed by atoms with Gasteiger partial charge in [-0.15, -0.1) is 11.3 Å². The number of benzene rings is 1. The monoisotopic (exact) mass is 307 g/mol. The maximum absolute atomic E-state index is 11.8. The number of carboxylic acid groups (broad SMARTS) is 1. The average Bonchev–Trinajstić information content (AvgIpc) is 2.84. The summed E-state index contributed by atoms with van der Waals surface area (Å²) in [5.74, 6) is -1.42. The lowest BCUT2D eigenvalue weighted by atomic mass is 10.1. The maximum atomic E-state index is 11.8. The summed E-state index contributed by atoms with van der Waals surface area (Å²) >= 11 is 1.47. The van der Waals surface area contributed by atoms with Crippen molar-refractivity contribution >= 4 is 29.0 Å². The topological polar surface area (TPSA) is 112 Å². The van der Waals surface area contributed by atoms with Gasteiger partial charge in [-0.1, -0.05) is 0 Å². The average molecular weight is 307 g/mol. The molecule has 2 rings (SSSR count). The van der Waals surface area contributed by atoms with Crippen molar-refractivity contribution in [2.75, 3.05) is 5.32 Å². The van der Waals surface area contributed by atoms with E-state index in [1.807, 2.05) is 6.92 Å².